The first-order chi connectivity index (χ1) is 16.5. The van der Waals surface area contributed by atoms with Gasteiger partial charge in [0.1, 0.15) is 5.76 Å². The third-order valence-electron chi connectivity index (χ3n) is 5.74. The molecule has 1 aromatic rings. The molecule has 0 unspecified atom stereocenters. The van der Waals surface area contributed by atoms with Gasteiger partial charge < -0.3 is 9.32 Å². The number of likely N-dealkylation sites (N-methyl/N-ethyl adjacent to an activating group) is 1. The van der Waals surface area contributed by atoms with Crippen LogP contribution in [0.4, 0.5) is 0 Å². The van der Waals surface area contributed by atoms with Crippen molar-refractivity contribution in [2.24, 2.45) is 0 Å². The van der Waals surface area contributed by atoms with E-state index in [2.05, 4.69) is 43.4 Å². The predicted octanol–water partition coefficient (Wildman–Crippen LogP) is 8.32. The lowest BCUT2D eigenvalue weighted by molar-refractivity contribution is -0.125. The number of amides is 1. The van der Waals surface area contributed by atoms with Gasteiger partial charge in [-0.1, -0.05) is 69.1 Å². The van der Waals surface area contributed by atoms with Gasteiger partial charge in [-0.15, -0.1) is 0 Å². The number of unbranched alkanes of at least 4 members (excludes halogenated alkanes) is 6. The van der Waals surface area contributed by atoms with Crippen LogP contribution in [0.2, 0.25) is 0 Å². The summed E-state index contributed by atoms with van der Waals surface area (Å²) in [6, 6.07) is 3.50. The second-order valence-electron chi connectivity index (χ2n) is 8.58. The summed E-state index contributed by atoms with van der Waals surface area (Å²) < 4.78 is 5.73. The summed E-state index contributed by atoms with van der Waals surface area (Å²) >= 11 is 0. The molecule has 0 saturated heterocycles. The van der Waals surface area contributed by atoms with Crippen molar-refractivity contribution in [1.82, 2.24) is 4.90 Å². The molecule has 0 atom stereocenters. The SMILES string of the molecule is CCC/C=C/C=C/C/C=C/CCCCCCCC(=O)c1ccc(/C(C)=C\C(=O)N(CC)CC)o1. The second kappa shape index (κ2) is 18.8. The summed E-state index contributed by atoms with van der Waals surface area (Å²) in [5.74, 6) is 0.974. The standard InChI is InChI=1S/C30H45NO3/c1-5-8-9-10-11-12-13-14-15-16-17-18-19-20-21-22-27(32)29-24-23-28(34-29)26(4)25-30(33)31(6-2)7-3/h9-12,14-15,23-25H,5-8,13,16-22H2,1-4H3/b10-9+,12-11+,15-14+,26-25-. The van der Waals surface area contributed by atoms with Crippen LogP contribution in [0.5, 0.6) is 0 Å². The van der Waals surface area contributed by atoms with Crippen LogP contribution in [0.15, 0.2) is 59.1 Å². The van der Waals surface area contributed by atoms with Gasteiger partial charge in [-0.25, -0.2) is 0 Å². The number of nitrogens with zero attached hydrogens (tertiary/aromatic N) is 1. The molecule has 1 aromatic heterocycles. The zero-order valence-electron chi connectivity index (χ0n) is 21.9. The minimum absolute atomic E-state index is 0.0330. The Labute approximate surface area is 207 Å². The minimum Gasteiger partial charge on any atom is -0.453 e. The highest BCUT2D eigenvalue weighted by atomic mass is 16.3. The van der Waals surface area contributed by atoms with E-state index in [1.165, 1.54) is 19.3 Å². The number of ketones is 1. The van der Waals surface area contributed by atoms with Gasteiger partial charge in [0.05, 0.1) is 0 Å². The van der Waals surface area contributed by atoms with Crippen molar-refractivity contribution in [2.75, 3.05) is 13.1 Å². The molecule has 0 aromatic carbocycles. The average molecular weight is 468 g/mol. The number of carbonyl (C=O) groups is 2. The van der Waals surface area contributed by atoms with Crippen molar-refractivity contribution in [3.8, 4) is 0 Å². The van der Waals surface area contributed by atoms with Crippen molar-refractivity contribution in [2.45, 2.75) is 91.9 Å². The van der Waals surface area contributed by atoms with E-state index in [0.717, 1.165) is 44.1 Å². The summed E-state index contributed by atoms with van der Waals surface area (Å²) in [6.45, 7) is 9.29. The van der Waals surface area contributed by atoms with Crippen LogP contribution in [0, 0.1) is 0 Å². The number of allylic oxidation sites excluding steroid dienone is 7. The molecule has 4 nitrogen and oxygen atoms in total. The van der Waals surface area contributed by atoms with Crippen LogP contribution in [0.3, 0.4) is 0 Å². The first-order valence-corrected chi connectivity index (χ1v) is 13.1. The maximum atomic E-state index is 12.4. The number of rotatable bonds is 18. The summed E-state index contributed by atoms with van der Waals surface area (Å²) in [7, 11) is 0. The molecule has 1 amide bonds. The van der Waals surface area contributed by atoms with Gasteiger partial charge in [0.2, 0.25) is 5.91 Å². The molecule has 188 valence electrons. The first-order valence-electron chi connectivity index (χ1n) is 13.1. The molecule has 4 heteroatoms. The van der Waals surface area contributed by atoms with E-state index in [1.54, 1.807) is 23.1 Å². The minimum atomic E-state index is -0.0330. The maximum Gasteiger partial charge on any atom is 0.246 e. The van der Waals surface area contributed by atoms with Gasteiger partial charge in [0.25, 0.3) is 0 Å². The Balaban J connectivity index is 2.21. The predicted molar refractivity (Wildman–Crippen MR) is 144 cm³/mol. The van der Waals surface area contributed by atoms with Gasteiger partial charge >= 0.3 is 0 Å². The lowest BCUT2D eigenvalue weighted by Crippen LogP contribution is -2.28. The number of hydrogen-bond donors (Lipinski definition) is 0. The molecule has 34 heavy (non-hydrogen) atoms. The second-order valence-corrected chi connectivity index (χ2v) is 8.58. The summed E-state index contributed by atoms with van der Waals surface area (Å²) in [5.41, 5.74) is 0.741. The van der Waals surface area contributed by atoms with E-state index in [0.29, 0.717) is 31.0 Å². The van der Waals surface area contributed by atoms with Crippen LogP contribution >= 0.6 is 0 Å². The molecular formula is C30H45NO3. The molecule has 0 radical (unpaired) electrons. The molecule has 0 aliphatic rings. The molecule has 0 spiro atoms. The quantitative estimate of drug-likeness (QED) is 0.0717. The van der Waals surface area contributed by atoms with Crippen molar-refractivity contribution in [3.63, 3.8) is 0 Å². The zero-order valence-corrected chi connectivity index (χ0v) is 21.9. The van der Waals surface area contributed by atoms with Crippen molar-refractivity contribution >= 4 is 17.3 Å². The molecular weight excluding hydrogens is 422 g/mol. The largest absolute Gasteiger partial charge is 0.453 e. The summed E-state index contributed by atoms with van der Waals surface area (Å²) in [6.07, 6.45) is 25.2. The molecule has 1 rings (SSSR count). The van der Waals surface area contributed by atoms with Crippen LogP contribution in [0.1, 0.15) is 108 Å². The molecule has 1 heterocycles. The molecule has 0 aliphatic carbocycles. The Hall–Kier alpha value is -2.62. The van der Waals surface area contributed by atoms with Crippen molar-refractivity contribution in [3.05, 3.63) is 66.2 Å². The summed E-state index contributed by atoms with van der Waals surface area (Å²) in [4.78, 5) is 26.4. The first kappa shape index (κ1) is 29.4. The van der Waals surface area contributed by atoms with E-state index >= 15 is 0 Å². The number of Topliss-reactive ketones (excluding diaryl/α,β-unsaturated/α-hetero) is 1. The van der Waals surface area contributed by atoms with Crippen LogP contribution < -0.4 is 0 Å². The van der Waals surface area contributed by atoms with Crippen LogP contribution in [-0.2, 0) is 4.79 Å². The topological polar surface area (TPSA) is 50.5 Å². The molecule has 0 bridgehead atoms. The van der Waals surface area contributed by atoms with Crippen LogP contribution in [0.25, 0.3) is 5.57 Å². The number of furan rings is 1. The number of hydrogen-bond acceptors (Lipinski definition) is 3. The average Bonchev–Trinajstić information content (AvgIpc) is 3.33. The highest BCUT2D eigenvalue weighted by molar-refractivity contribution is 5.96. The van der Waals surface area contributed by atoms with E-state index < -0.39 is 0 Å². The number of carbonyl (C=O) groups excluding carboxylic acids is 2. The van der Waals surface area contributed by atoms with E-state index in [9.17, 15) is 9.59 Å². The fraction of sp³-hybridized carbons (Fsp3) is 0.533. The van der Waals surface area contributed by atoms with Crippen molar-refractivity contribution in [1.29, 1.82) is 0 Å². The van der Waals surface area contributed by atoms with E-state index in [4.69, 9.17) is 4.42 Å². The lowest BCUT2D eigenvalue weighted by atomic mass is 10.1. The van der Waals surface area contributed by atoms with Gasteiger partial charge in [-0.2, -0.15) is 0 Å². The molecule has 0 fully saturated rings. The highest BCUT2D eigenvalue weighted by Gasteiger charge is 2.13. The highest BCUT2D eigenvalue weighted by Crippen LogP contribution is 2.20. The third-order valence-corrected chi connectivity index (χ3v) is 5.74. The maximum absolute atomic E-state index is 12.4. The van der Waals surface area contributed by atoms with Crippen molar-refractivity contribution < 1.29 is 14.0 Å². The Morgan fingerprint density at radius 3 is 2.24 bits per heavy atom. The van der Waals surface area contributed by atoms with Gasteiger partial charge in [0.15, 0.2) is 11.5 Å². The van der Waals surface area contributed by atoms with Gasteiger partial charge in [-0.3, -0.25) is 9.59 Å². The molecule has 0 aliphatic heterocycles. The van der Waals surface area contributed by atoms with E-state index in [-0.39, 0.29) is 11.7 Å². The third kappa shape index (κ3) is 12.6. The lowest BCUT2D eigenvalue weighted by Gasteiger charge is -2.16. The van der Waals surface area contributed by atoms with Gasteiger partial charge in [-0.05, 0) is 70.6 Å². The fourth-order valence-electron chi connectivity index (χ4n) is 3.58. The Bertz CT molecular complexity index is 822. The fourth-order valence-corrected chi connectivity index (χ4v) is 3.58. The Kier molecular flexibility index (Phi) is 16.2. The smallest absolute Gasteiger partial charge is 0.246 e. The van der Waals surface area contributed by atoms with Crippen LogP contribution in [-0.4, -0.2) is 29.7 Å². The normalized spacial score (nSPS) is 12.4. The Morgan fingerprint density at radius 1 is 0.824 bits per heavy atom. The summed E-state index contributed by atoms with van der Waals surface area (Å²) in [5, 5.41) is 0. The molecule has 0 N–H and O–H groups in total. The Morgan fingerprint density at radius 2 is 1.50 bits per heavy atom. The molecule has 0 saturated carbocycles. The monoisotopic (exact) mass is 467 g/mol. The van der Waals surface area contributed by atoms with E-state index in [1.807, 2.05) is 20.8 Å². The van der Waals surface area contributed by atoms with Gasteiger partial charge in [0, 0.05) is 25.6 Å². The zero-order chi connectivity index (χ0) is 25.0.